The van der Waals surface area contributed by atoms with E-state index in [-0.39, 0.29) is 6.61 Å². The highest BCUT2D eigenvalue weighted by Gasteiger charge is 2.03. The lowest BCUT2D eigenvalue weighted by Gasteiger charge is -2.02. The molecular weight excluding hydrogens is 202 g/mol. The molecule has 0 bridgehead atoms. The Balaban J connectivity index is 2.74. The summed E-state index contributed by atoms with van der Waals surface area (Å²) in [4.78, 5) is 0. The molecule has 0 aromatic heterocycles. The third kappa shape index (κ3) is 3.59. The van der Waals surface area contributed by atoms with Crippen LogP contribution in [0.3, 0.4) is 0 Å². The molecular formula is C9H11NO3S. The second-order valence-electron chi connectivity index (χ2n) is 2.57. The second kappa shape index (κ2) is 4.78. The summed E-state index contributed by atoms with van der Waals surface area (Å²) in [6.45, 7) is -0.296. The zero-order valence-electron chi connectivity index (χ0n) is 7.42. The van der Waals surface area contributed by atoms with Gasteiger partial charge in [-0.2, -0.15) is 0 Å². The van der Waals surface area contributed by atoms with Gasteiger partial charge in [-0.15, -0.1) is 0 Å². The van der Waals surface area contributed by atoms with E-state index in [1.807, 2.05) is 0 Å². The van der Waals surface area contributed by atoms with E-state index in [0.717, 1.165) is 11.5 Å². The van der Waals surface area contributed by atoms with E-state index in [4.69, 9.17) is 5.11 Å². The highest BCUT2D eigenvalue weighted by molar-refractivity contribution is 7.95. The third-order valence-corrected chi connectivity index (χ3v) is 2.49. The summed E-state index contributed by atoms with van der Waals surface area (Å²) in [7, 11) is -3.49. The van der Waals surface area contributed by atoms with Crippen molar-refractivity contribution in [1.82, 2.24) is 0 Å². The molecule has 0 heterocycles. The first-order valence-electron chi connectivity index (χ1n) is 3.99. The van der Waals surface area contributed by atoms with Gasteiger partial charge in [-0.25, -0.2) is 8.42 Å². The van der Waals surface area contributed by atoms with Gasteiger partial charge in [0.1, 0.15) is 0 Å². The van der Waals surface area contributed by atoms with Gasteiger partial charge in [-0.1, -0.05) is 18.2 Å². The first-order valence-corrected chi connectivity index (χ1v) is 5.54. The lowest BCUT2D eigenvalue weighted by atomic mass is 10.3. The number of benzene rings is 1. The minimum atomic E-state index is -3.49. The van der Waals surface area contributed by atoms with E-state index in [1.165, 1.54) is 0 Å². The van der Waals surface area contributed by atoms with E-state index in [9.17, 15) is 8.42 Å². The summed E-state index contributed by atoms with van der Waals surface area (Å²) < 4.78 is 24.8. The fraction of sp³-hybridized carbons (Fsp3) is 0.111. The van der Waals surface area contributed by atoms with Gasteiger partial charge in [0.25, 0.3) is 10.0 Å². The van der Waals surface area contributed by atoms with E-state index < -0.39 is 10.0 Å². The van der Waals surface area contributed by atoms with Crippen LogP contribution in [0.15, 0.2) is 41.8 Å². The number of anilines is 1. The van der Waals surface area contributed by atoms with Crippen molar-refractivity contribution >= 4 is 15.7 Å². The molecule has 0 aliphatic heterocycles. The minimum absolute atomic E-state index is 0.296. The smallest absolute Gasteiger partial charge is 0.254 e. The van der Waals surface area contributed by atoms with Crippen LogP contribution in [0.25, 0.3) is 0 Å². The molecule has 5 heteroatoms. The van der Waals surface area contributed by atoms with Crippen molar-refractivity contribution < 1.29 is 13.5 Å². The van der Waals surface area contributed by atoms with Crippen LogP contribution < -0.4 is 4.72 Å². The van der Waals surface area contributed by atoms with Gasteiger partial charge < -0.3 is 5.11 Å². The van der Waals surface area contributed by atoms with Crippen molar-refractivity contribution in [2.24, 2.45) is 0 Å². The number of sulfonamides is 1. The summed E-state index contributed by atoms with van der Waals surface area (Å²) >= 11 is 0. The maximum Gasteiger partial charge on any atom is 0.254 e. The lowest BCUT2D eigenvalue weighted by Crippen LogP contribution is -2.08. The zero-order valence-corrected chi connectivity index (χ0v) is 8.24. The molecule has 4 nitrogen and oxygen atoms in total. The molecule has 1 rings (SSSR count). The van der Waals surface area contributed by atoms with Crippen LogP contribution in [-0.4, -0.2) is 20.1 Å². The molecule has 0 aliphatic rings. The largest absolute Gasteiger partial charge is 0.392 e. The molecule has 1 aromatic carbocycles. The Hall–Kier alpha value is -1.33. The van der Waals surface area contributed by atoms with Crippen molar-refractivity contribution in [2.75, 3.05) is 11.3 Å². The summed E-state index contributed by atoms with van der Waals surface area (Å²) in [5.74, 6) is 0. The molecule has 0 atom stereocenters. The van der Waals surface area contributed by atoms with Crippen molar-refractivity contribution in [3.05, 3.63) is 41.8 Å². The van der Waals surface area contributed by atoms with Crippen molar-refractivity contribution in [3.63, 3.8) is 0 Å². The van der Waals surface area contributed by atoms with Crippen LogP contribution in [0.2, 0.25) is 0 Å². The molecule has 0 aliphatic carbocycles. The highest BCUT2D eigenvalue weighted by atomic mass is 32.2. The summed E-state index contributed by atoms with van der Waals surface area (Å²) in [5.41, 5.74) is 0.495. The summed E-state index contributed by atoms with van der Waals surface area (Å²) in [5, 5.41) is 9.35. The molecule has 0 radical (unpaired) electrons. The molecule has 14 heavy (non-hydrogen) atoms. The van der Waals surface area contributed by atoms with Crippen LogP contribution in [0.4, 0.5) is 5.69 Å². The fourth-order valence-corrected chi connectivity index (χ4v) is 1.75. The van der Waals surface area contributed by atoms with Crippen LogP contribution >= 0.6 is 0 Å². The summed E-state index contributed by atoms with van der Waals surface area (Å²) in [6.07, 6.45) is 1.16. The molecule has 0 spiro atoms. The van der Waals surface area contributed by atoms with Gasteiger partial charge in [0.2, 0.25) is 0 Å². The maximum absolute atomic E-state index is 11.2. The van der Waals surface area contributed by atoms with E-state index >= 15 is 0 Å². The standard InChI is InChI=1S/C9H11NO3S/c11-7-4-8-14(12,13)10-9-5-2-1-3-6-9/h1-6,8,10-11H,7H2. The first-order chi connectivity index (χ1) is 6.64. The molecule has 0 unspecified atom stereocenters. The molecule has 0 saturated heterocycles. The number of hydrogen-bond donors (Lipinski definition) is 2. The van der Waals surface area contributed by atoms with Crippen LogP contribution in [0.5, 0.6) is 0 Å². The number of aliphatic hydroxyl groups is 1. The quantitative estimate of drug-likeness (QED) is 0.782. The van der Waals surface area contributed by atoms with Gasteiger partial charge in [-0.3, -0.25) is 4.72 Å². The Kier molecular flexibility index (Phi) is 3.67. The van der Waals surface area contributed by atoms with Crippen LogP contribution in [0, 0.1) is 0 Å². The summed E-state index contributed by atoms with van der Waals surface area (Å²) in [6, 6.07) is 8.54. The fourth-order valence-electron chi connectivity index (χ4n) is 0.874. The number of hydrogen-bond acceptors (Lipinski definition) is 3. The van der Waals surface area contributed by atoms with E-state index in [0.29, 0.717) is 5.69 Å². The topological polar surface area (TPSA) is 66.4 Å². The predicted molar refractivity (Wildman–Crippen MR) is 55.2 cm³/mol. The number of nitrogens with one attached hydrogen (secondary N) is 1. The molecule has 1 aromatic rings. The van der Waals surface area contributed by atoms with Gasteiger partial charge in [0.05, 0.1) is 6.61 Å². The molecule has 0 amide bonds. The maximum atomic E-state index is 11.2. The molecule has 76 valence electrons. The monoisotopic (exact) mass is 213 g/mol. The van der Waals surface area contributed by atoms with Crippen molar-refractivity contribution in [1.29, 1.82) is 0 Å². The van der Waals surface area contributed by atoms with Crippen molar-refractivity contribution in [3.8, 4) is 0 Å². The van der Waals surface area contributed by atoms with E-state index in [1.54, 1.807) is 30.3 Å². The Labute approximate surface area is 82.9 Å². The van der Waals surface area contributed by atoms with Gasteiger partial charge >= 0.3 is 0 Å². The van der Waals surface area contributed by atoms with Gasteiger partial charge in [-0.05, 0) is 18.2 Å². The van der Waals surface area contributed by atoms with Crippen molar-refractivity contribution in [2.45, 2.75) is 0 Å². The average Bonchev–Trinajstić information content (AvgIpc) is 2.16. The Morgan fingerprint density at radius 3 is 2.50 bits per heavy atom. The number of rotatable bonds is 4. The Morgan fingerprint density at radius 1 is 1.29 bits per heavy atom. The van der Waals surface area contributed by atoms with Gasteiger partial charge in [0.15, 0.2) is 0 Å². The van der Waals surface area contributed by atoms with Gasteiger partial charge in [0, 0.05) is 11.1 Å². The highest BCUT2D eigenvalue weighted by Crippen LogP contribution is 2.08. The third-order valence-electron chi connectivity index (χ3n) is 1.41. The zero-order chi connectivity index (χ0) is 10.4. The normalized spacial score (nSPS) is 11.8. The Bertz CT molecular complexity index is 397. The first kappa shape index (κ1) is 10.7. The number of aliphatic hydroxyl groups excluding tert-OH is 1. The van der Waals surface area contributed by atoms with Crippen LogP contribution in [0.1, 0.15) is 0 Å². The second-order valence-corrected chi connectivity index (χ2v) is 4.13. The average molecular weight is 213 g/mol. The predicted octanol–water partition coefficient (Wildman–Crippen LogP) is 0.934. The Morgan fingerprint density at radius 2 is 1.93 bits per heavy atom. The van der Waals surface area contributed by atoms with Crippen LogP contribution in [-0.2, 0) is 10.0 Å². The molecule has 0 saturated carbocycles. The lowest BCUT2D eigenvalue weighted by molar-refractivity contribution is 0.343. The minimum Gasteiger partial charge on any atom is -0.392 e. The van der Waals surface area contributed by atoms with E-state index in [2.05, 4.69) is 4.72 Å². The number of para-hydroxylation sites is 1. The SMILES string of the molecule is O=S(=O)(C=CCO)Nc1ccccc1. The molecule has 0 fully saturated rings. The molecule has 2 N–H and O–H groups in total.